The third kappa shape index (κ3) is 18.4. The number of carbonyl (C=O) groups excluding carboxylic acids is 2. The summed E-state index contributed by atoms with van der Waals surface area (Å²) in [6, 6.07) is 27.1. The van der Waals surface area contributed by atoms with Gasteiger partial charge in [0, 0.05) is 31.1 Å². The Bertz CT molecular complexity index is 1390. The Morgan fingerprint density at radius 2 is 1.02 bits per heavy atom. The summed E-state index contributed by atoms with van der Waals surface area (Å²) in [4.78, 5) is 23.3. The standard InChI is InChI=1S/C47H69NO6S2/c1-4-35-48-45(49)33-34-46(50)53-36-22-39-56-55-38-21-16-14-12-10-8-6-5-7-9-11-13-15-20-37-54-47(40-23-18-17-19-24-40,41-25-29-43(51-2)30-26-41)42-27-31-44(52-3)32-28-42/h17-19,23-32H,4-16,20-22,33-39H2,1-3H3,(H,48,49). The van der Waals surface area contributed by atoms with Crippen LogP contribution in [0, 0.1) is 0 Å². The molecule has 0 radical (unpaired) electrons. The summed E-state index contributed by atoms with van der Waals surface area (Å²) in [5, 5.41) is 2.78. The van der Waals surface area contributed by atoms with Gasteiger partial charge in [-0.05, 0) is 66.6 Å². The van der Waals surface area contributed by atoms with Crippen LogP contribution in [0.4, 0.5) is 0 Å². The van der Waals surface area contributed by atoms with Crippen LogP contribution in [0.1, 0.15) is 139 Å². The van der Waals surface area contributed by atoms with Crippen LogP contribution < -0.4 is 14.8 Å². The highest BCUT2D eigenvalue weighted by Gasteiger charge is 2.37. The van der Waals surface area contributed by atoms with Gasteiger partial charge in [0.2, 0.25) is 5.91 Å². The number of esters is 1. The Labute approximate surface area is 346 Å². The molecule has 7 nitrogen and oxygen atoms in total. The van der Waals surface area contributed by atoms with Crippen LogP contribution >= 0.6 is 21.6 Å². The lowest BCUT2D eigenvalue weighted by Crippen LogP contribution is -2.33. The second kappa shape index (κ2) is 30.0. The fourth-order valence-corrected chi connectivity index (χ4v) is 8.95. The first-order chi connectivity index (χ1) is 27.5. The van der Waals surface area contributed by atoms with Gasteiger partial charge >= 0.3 is 5.97 Å². The Kier molecular flexibility index (Phi) is 25.3. The van der Waals surface area contributed by atoms with Gasteiger partial charge in [-0.2, -0.15) is 0 Å². The van der Waals surface area contributed by atoms with Crippen molar-refractivity contribution in [3.8, 4) is 11.5 Å². The molecule has 56 heavy (non-hydrogen) atoms. The zero-order valence-corrected chi connectivity index (χ0v) is 36.2. The van der Waals surface area contributed by atoms with Gasteiger partial charge in [0.25, 0.3) is 0 Å². The van der Waals surface area contributed by atoms with Crippen LogP contribution in [-0.4, -0.2) is 57.4 Å². The maximum atomic E-state index is 11.7. The van der Waals surface area contributed by atoms with Crippen molar-refractivity contribution in [3.05, 3.63) is 95.6 Å². The van der Waals surface area contributed by atoms with Gasteiger partial charge in [0.15, 0.2) is 0 Å². The largest absolute Gasteiger partial charge is 0.497 e. The normalized spacial score (nSPS) is 11.3. The minimum absolute atomic E-state index is 0.0800. The molecular formula is C47H69NO6S2. The van der Waals surface area contributed by atoms with Gasteiger partial charge in [-0.3, -0.25) is 9.59 Å². The van der Waals surface area contributed by atoms with Crippen molar-refractivity contribution < 1.29 is 28.5 Å². The molecule has 310 valence electrons. The number of ether oxygens (including phenoxy) is 4. The van der Waals surface area contributed by atoms with Crippen molar-refractivity contribution in [2.75, 3.05) is 45.5 Å². The highest BCUT2D eigenvalue weighted by molar-refractivity contribution is 8.76. The first-order valence-electron chi connectivity index (χ1n) is 21.2. The summed E-state index contributed by atoms with van der Waals surface area (Å²) < 4.78 is 23.2. The number of methoxy groups -OCH3 is 2. The van der Waals surface area contributed by atoms with Crippen LogP contribution in [-0.2, 0) is 24.7 Å². The number of amides is 1. The lowest BCUT2D eigenvalue weighted by molar-refractivity contribution is -0.145. The highest BCUT2D eigenvalue weighted by atomic mass is 33.1. The van der Waals surface area contributed by atoms with E-state index in [2.05, 4.69) is 59.9 Å². The summed E-state index contributed by atoms with van der Waals surface area (Å²) in [5.74, 6) is 3.47. The van der Waals surface area contributed by atoms with E-state index < -0.39 is 5.60 Å². The first kappa shape index (κ1) is 47.2. The molecule has 1 amide bonds. The minimum Gasteiger partial charge on any atom is -0.497 e. The third-order valence-electron chi connectivity index (χ3n) is 9.96. The molecule has 0 unspecified atom stereocenters. The molecule has 9 heteroatoms. The number of rotatable bonds is 33. The summed E-state index contributed by atoms with van der Waals surface area (Å²) in [6.45, 7) is 3.78. The lowest BCUT2D eigenvalue weighted by atomic mass is 9.80. The van der Waals surface area contributed by atoms with E-state index in [0.717, 1.165) is 53.2 Å². The molecule has 0 atom stereocenters. The quantitative estimate of drug-likeness (QED) is 0.0282. The Balaban J connectivity index is 1.18. The summed E-state index contributed by atoms with van der Waals surface area (Å²) >= 11 is 0. The zero-order valence-electron chi connectivity index (χ0n) is 34.5. The molecule has 0 spiro atoms. The van der Waals surface area contributed by atoms with Gasteiger partial charge in [-0.1, -0.05) is 160 Å². The van der Waals surface area contributed by atoms with Crippen molar-refractivity contribution in [3.63, 3.8) is 0 Å². The van der Waals surface area contributed by atoms with Crippen LogP contribution in [0.15, 0.2) is 78.9 Å². The van der Waals surface area contributed by atoms with E-state index in [9.17, 15) is 9.59 Å². The van der Waals surface area contributed by atoms with Gasteiger partial charge in [-0.15, -0.1) is 0 Å². The van der Waals surface area contributed by atoms with E-state index in [1.807, 2.05) is 52.8 Å². The second-order valence-electron chi connectivity index (χ2n) is 14.4. The molecule has 0 aliphatic rings. The molecular weight excluding hydrogens is 739 g/mol. The topological polar surface area (TPSA) is 83.1 Å². The summed E-state index contributed by atoms with van der Waals surface area (Å²) in [7, 11) is 7.20. The Morgan fingerprint density at radius 1 is 0.554 bits per heavy atom. The molecule has 0 aromatic heterocycles. The highest BCUT2D eigenvalue weighted by Crippen LogP contribution is 2.42. The van der Waals surface area contributed by atoms with E-state index in [-0.39, 0.29) is 24.7 Å². The third-order valence-corrected chi connectivity index (χ3v) is 12.5. The number of benzene rings is 3. The number of nitrogens with one attached hydrogen (secondary N) is 1. The first-order valence-corrected chi connectivity index (χ1v) is 23.7. The van der Waals surface area contributed by atoms with Gasteiger partial charge < -0.3 is 24.3 Å². The van der Waals surface area contributed by atoms with Crippen LogP contribution in [0.3, 0.4) is 0 Å². The van der Waals surface area contributed by atoms with E-state index in [1.54, 1.807) is 14.2 Å². The monoisotopic (exact) mass is 807 g/mol. The molecule has 1 N–H and O–H groups in total. The predicted octanol–water partition coefficient (Wildman–Crippen LogP) is 12.1. The Hall–Kier alpha value is -3.14. The SMILES string of the molecule is CCCNC(=O)CCC(=O)OCCCSSCCCCCCCCCCCCCCCCOC(c1ccccc1)(c1ccc(OC)cc1)c1ccc(OC)cc1. The van der Waals surface area contributed by atoms with Gasteiger partial charge in [0.05, 0.1) is 27.2 Å². The molecule has 0 bridgehead atoms. The molecule has 0 heterocycles. The van der Waals surface area contributed by atoms with Crippen LogP contribution in [0.25, 0.3) is 0 Å². The summed E-state index contributed by atoms with van der Waals surface area (Å²) in [5.41, 5.74) is 2.52. The van der Waals surface area contributed by atoms with Crippen molar-refractivity contribution in [2.24, 2.45) is 0 Å². The minimum atomic E-state index is -0.739. The predicted molar refractivity (Wildman–Crippen MR) is 236 cm³/mol. The van der Waals surface area contributed by atoms with Crippen LogP contribution in [0.2, 0.25) is 0 Å². The fourth-order valence-electron chi connectivity index (χ4n) is 6.75. The number of hydrogen-bond acceptors (Lipinski definition) is 8. The van der Waals surface area contributed by atoms with E-state index in [0.29, 0.717) is 19.8 Å². The van der Waals surface area contributed by atoms with Crippen LogP contribution in [0.5, 0.6) is 11.5 Å². The van der Waals surface area contributed by atoms with E-state index in [4.69, 9.17) is 18.9 Å². The zero-order chi connectivity index (χ0) is 39.9. The van der Waals surface area contributed by atoms with Gasteiger partial charge in [-0.25, -0.2) is 0 Å². The van der Waals surface area contributed by atoms with Crippen molar-refractivity contribution >= 4 is 33.5 Å². The molecule has 3 rings (SSSR count). The summed E-state index contributed by atoms with van der Waals surface area (Å²) in [6.07, 6.45) is 20.3. The molecule has 0 fully saturated rings. The van der Waals surface area contributed by atoms with Crippen molar-refractivity contribution in [1.82, 2.24) is 5.32 Å². The number of carbonyl (C=O) groups is 2. The molecule has 3 aromatic rings. The average Bonchev–Trinajstić information content (AvgIpc) is 3.24. The van der Waals surface area contributed by atoms with Crippen molar-refractivity contribution in [2.45, 2.75) is 128 Å². The van der Waals surface area contributed by atoms with Gasteiger partial charge in [0.1, 0.15) is 17.1 Å². The maximum Gasteiger partial charge on any atom is 0.306 e. The van der Waals surface area contributed by atoms with E-state index in [1.165, 1.54) is 89.2 Å². The Morgan fingerprint density at radius 3 is 1.52 bits per heavy atom. The molecule has 0 aliphatic carbocycles. The maximum absolute atomic E-state index is 11.7. The molecule has 0 aliphatic heterocycles. The van der Waals surface area contributed by atoms with Crippen molar-refractivity contribution in [1.29, 1.82) is 0 Å². The molecule has 0 saturated carbocycles. The van der Waals surface area contributed by atoms with E-state index >= 15 is 0 Å². The smallest absolute Gasteiger partial charge is 0.306 e. The fraction of sp³-hybridized carbons (Fsp3) is 0.574. The molecule has 0 saturated heterocycles. The lowest BCUT2D eigenvalue weighted by Gasteiger charge is -2.36. The second-order valence-corrected chi connectivity index (χ2v) is 17.1. The number of unbranched alkanes of at least 4 members (excludes halogenated alkanes) is 13. The molecule has 3 aromatic carbocycles. The number of hydrogen-bond donors (Lipinski definition) is 1. The average molecular weight is 808 g/mol.